The van der Waals surface area contributed by atoms with Crippen molar-refractivity contribution in [2.24, 2.45) is 10.8 Å². The van der Waals surface area contributed by atoms with Crippen LogP contribution in [0.3, 0.4) is 0 Å². The maximum atomic E-state index is 12.8. The summed E-state index contributed by atoms with van der Waals surface area (Å²) in [5, 5.41) is 7.72. The molecule has 0 unspecified atom stereocenters. The summed E-state index contributed by atoms with van der Waals surface area (Å²) >= 11 is 0. The molecular weight excluding hydrogens is 287 g/mol. The number of carbonyl (C=O) groups is 1. The first-order valence-corrected chi connectivity index (χ1v) is 5.56. The Morgan fingerprint density at radius 1 is 1.38 bits per heavy atom. The number of allylic oxidation sites excluding steroid dienone is 1. The van der Waals surface area contributed by atoms with Gasteiger partial charge in [0.15, 0.2) is 0 Å². The van der Waals surface area contributed by atoms with E-state index >= 15 is 0 Å². The zero-order valence-corrected chi connectivity index (χ0v) is 10.6. The van der Waals surface area contributed by atoms with Crippen molar-refractivity contribution in [3.05, 3.63) is 42.4 Å². The van der Waals surface area contributed by atoms with E-state index in [0.717, 1.165) is 4.52 Å². The van der Waals surface area contributed by atoms with Gasteiger partial charge in [0.1, 0.15) is 11.4 Å². The van der Waals surface area contributed by atoms with Crippen molar-refractivity contribution >= 4 is 23.8 Å². The highest BCUT2D eigenvalue weighted by atomic mass is 19.4. The number of anilines is 1. The molecule has 0 saturated heterocycles. The van der Waals surface area contributed by atoms with Crippen molar-refractivity contribution in [2.45, 2.75) is 6.18 Å². The minimum atomic E-state index is -4.68. The Labute approximate surface area is 116 Å². The van der Waals surface area contributed by atoms with Crippen LogP contribution in [0.4, 0.5) is 18.9 Å². The molecule has 0 aromatic carbocycles. The number of pyridine rings is 1. The van der Waals surface area contributed by atoms with E-state index in [2.05, 4.69) is 23.5 Å². The average Bonchev–Trinajstić information content (AvgIpc) is 2.87. The lowest BCUT2D eigenvalue weighted by Gasteiger charge is -2.23. The third-order valence-electron chi connectivity index (χ3n) is 2.74. The number of amides is 1. The molecule has 2 aromatic heterocycles. The van der Waals surface area contributed by atoms with Gasteiger partial charge >= 0.3 is 6.18 Å². The number of rotatable bonds is 4. The lowest BCUT2D eigenvalue weighted by molar-refractivity contribution is -0.0929. The molecule has 0 saturated carbocycles. The van der Waals surface area contributed by atoms with Gasteiger partial charge in [0, 0.05) is 6.72 Å². The molecule has 2 N–H and O–H groups in total. The van der Waals surface area contributed by atoms with Crippen LogP contribution in [-0.2, 0) is 0 Å². The van der Waals surface area contributed by atoms with Crippen molar-refractivity contribution in [1.82, 2.24) is 9.61 Å². The fraction of sp³-hybridized carbons (Fsp3) is 0.0833. The topological polar surface area (TPSA) is 76.0 Å². The van der Waals surface area contributed by atoms with Crippen LogP contribution in [-0.4, -0.2) is 28.4 Å². The fourth-order valence-electron chi connectivity index (χ4n) is 1.80. The first-order chi connectivity index (χ1) is 9.77. The summed E-state index contributed by atoms with van der Waals surface area (Å²) in [6.45, 7) is 6.08. The van der Waals surface area contributed by atoms with Gasteiger partial charge in [0.25, 0.3) is 5.91 Å². The van der Waals surface area contributed by atoms with Crippen molar-refractivity contribution in [3.63, 3.8) is 0 Å². The van der Waals surface area contributed by atoms with E-state index in [4.69, 9.17) is 5.73 Å². The van der Waals surface area contributed by atoms with E-state index in [9.17, 15) is 18.0 Å². The van der Waals surface area contributed by atoms with Crippen LogP contribution in [0.2, 0.25) is 0 Å². The first kappa shape index (κ1) is 14.6. The molecular formula is C12H10F3N5O. The third kappa shape index (κ3) is 2.45. The minimum absolute atomic E-state index is 0.0230. The van der Waals surface area contributed by atoms with Gasteiger partial charge in [-0.25, -0.2) is 9.52 Å². The second kappa shape index (κ2) is 4.93. The minimum Gasteiger partial charge on any atom is -0.364 e. The van der Waals surface area contributed by atoms with Gasteiger partial charge in [-0.15, -0.1) is 0 Å². The third-order valence-corrected chi connectivity index (χ3v) is 2.74. The zero-order valence-electron chi connectivity index (χ0n) is 10.6. The second-order valence-corrected chi connectivity index (χ2v) is 3.99. The Balaban J connectivity index is 2.64. The monoisotopic (exact) mass is 297 g/mol. The fourth-order valence-corrected chi connectivity index (χ4v) is 1.80. The van der Waals surface area contributed by atoms with E-state index in [1.807, 2.05) is 0 Å². The highest BCUT2D eigenvalue weighted by Crippen LogP contribution is 2.33. The summed E-state index contributed by atoms with van der Waals surface area (Å²) in [5.74, 6) is -0.761. The van der Waals surface area contributed by atoms with Crippen LogP contribution in [0, 0.1) is 0 Å². The number of nitrogens with zero attached hydrogens (tertiary/aromatic N) is 4. The van der Waals surface area contributed by atoms with Crippen LogP contribution in [0.5, 0.6) is 0 Å². The number of hydrogen-bond acceptors (Lipinski definition) is 4. The van der Waals surface area contributed by atoms with Crippen LogP contribution in [0.1, 0.15) is 10.5 Å². The number of alkyl halides is 3. The summed E-state index contributed by atoms with van der Waals surface area (Å²) in [5.41, 5.74) is 4.23. The van der Waals surface area contributed by atoms with Gasteiger partial charge in [-0.2, -0.15) is 23.4 Å². The highest BCUT2D eigenvalue weighted by Gasteiger charge is 2.37. The molecule has 0 fully saturated rings. The predicted molar refractivity (Wildman–Crippen MR) is 70.9 cm³/mol. The number of hydrazone groups is 1. The molecule has 6 nitrogen and oxygen atoms in total. The summed E-state index contributed by atoms with van der Waals surface area (Å²) in [7, 11) is 0. The molecule has 0 aliphatic carbocycles. The molecule has 1 amide bonds. The average molecular weight is 297 g/mol. The van der Waals surface area contributed by atoms with Crippen LogP contribution >= 0.6 is 0 Å². The van der Waals surface area contributed by atoms with Crippen LogP contribution in [0.15, 0.2) is 41.8 Å². The van der Waals surface area contributed by atoms with E-state index in [1.165, 1.54) is 24.4 Å². The molecule has 2 aromatic rings. The standard InChI is InChI=1S/C12H10F3N5O/c1-7(12(13,14)15)19(17-2)8-3-4-10(11(16)21)20-9(8)5-6-18-20/h3-6H,1-2H2,(H2,16,21). The number of aromatic nitrogens is 2. The van der Waals surface area contributed by atoms with E-state index in [0.29, 0.717) is 5.01 Å². The molecule has 0 bridgehead atoms. The molecule has 21 heavy (non-hydrogen) atoms. The molecule has 0 spiro atoms. The van der Waals surface area contributed by atoms with E-state index < -0.39 is 17.8 Å². The van der Waals surface area contributed by atoms with Gasteiger partial charge in [-0.3, -0.25) is 4.79 Å². The Morgan fingerprint density at radius 3 is 2.57 bits per heavy atom. The number of nitrogens with two attached hydrogens (primary N) is 1. The normalized spacial score (nSPS) is 11.4. The van der Waals surface area contributed by atoms with Crippen LogP contribution in [0.25, 0.3) is 5.52 Å². The van der Waals surface area contributed by atoms with Crippen molar-refractivity contribution in [2.75, 3.05) is 5.01 Å². The maximum absolute atomic E-state index is 12.8. The molecule has 2 heterocycles. The summed E-state index contributed by atoms with van der Waals surface area (Å²) in [4.78, 5) is 11.3. The van der Waals surface area contributed by atoms with E-state index in [1.54, 1.807) is 0 Å². The second-order valence-electron chi connectivity index (χ2n) is 3.99. The zero-order chi connectivity index (χ0) is 15.8. The largest absolute Gasteiger partial charge is 0.432 e. The van der Waals surface area contributed by atoms with Crippen molar-refractivity contribution in [3.8, 4) is 0 Å². The Morgan fingerprint density at radius 2 is 2.05 bits per heavy atom. The SMILES string of the molecule is C=NN(C(=C)C(F)(F)F)c1ccc(C(N)=O)n2nccc12. The number of hydrogen-bond donors (Lipinski definition) is 1. The lowest BCUT2D eigenvalue weighted by atomic mass is 10.2. The number of primary amides is 1. The maximum Gasteiger partial charge on any atom is 0.432 e. The Kier molecular flexibility index (Phi) is 3.42. The molecule has 0 aliphatic rings. The van der Waals surface area contributed by atoms with Gasteiger partial charge < -0.3 is 5.73 Å². The molecule has 2 rings (SSSR count). The van der Waals surface area contributed by atoms with Gasteiger partial charge in [0.05, 0.1) is 17.4 Å². The van der Waals surface area contributed by atoms with E-state index in [-0.39, 0.29) is 16.9 Å². The molecule has 9 heteroatoms. The summed E-state index contributed by atoms with van der Waals surface area (Å²) < 4.78 is 39.5. The van der Waals surface area contributed by atoms with Crippen molar-refractivity contribution < 1.29 is 18.0 Å². The predicted octanol–water partition coefficient (Wildman–Crippen LogP) is 1.93. The highest BCUT2D eigenvalue weighted by molar-refractivity contribution is 5.93. The molecule has 0 aliphatic heterocycles. The number of halogens is 3. The summed E-state index contributed by atoms with van der Waals surface area (Å²) in [6, 6.07) is 3.94. The molecule has 0 atom stereocenters. The van der Waals surface area contributed by atoms with Gasteiger partial charge in [-0.1, -0.05) is 6.58 Å². The first-order valence-electron chi connectivity index (χ1n) is 5.56. The number of fused-ring (bicyclic) bond motifs is 1. The number of carbonyl (C=O) groups excluding carboxylic acids is 1. The Hall–Kier alpha value is -2.84. The smallest absolute Gasteiger partial charge is 0.364 e. The lowest BCUT2D eigenvalue weighted by Crippen LogP contribution is -2.27. The van der Waals surface area contributed by atoms with Gasteiger partial charge in [-0.05, 0) is 18.2 Å². The molecule has 110 valence electrons. The summed E-state index contributed by atoms with van der Waals surface area (Å²) in [6.07, 6.45) is -3.36. The quantitative estimate of drug-likeness (QED) is 0.692. The van der Waals surface area contributed by atoms with Crippen LogP contribution < -0.4 is 10.7 Å². The van der Waals surface area contributed by atoms with Crippen molar-refractivity contribution in [1.29, 1.82) is 0 Å². The van der Waals surface area contributed by atoms with Gasteiger partial charge in [0.2, 0.25) is 0 Å². The molecule has 0 radical (unpaired) electrons. The Bertz CT molecular complexity index is 734.